The third kappa shape index (κ3) is 5.17. The van der Waals surface area contributed by atoms with Gasteiger partial charge in [-0.1, -0.05) is 62.4 Å². The van der Waals surface area contributed by atoms with Gasteiger partial charge in [0.25, 0.3) is 0 Å². The van der Waals surface area contributed by atoms with E-state index in [1.165, 1.54) is 0 Å². The average molecular weight is 481 g/mol. The van der Waals surface area contributed by atoms with E-state index in [1.54, 1.807) is 13.8 Å². The predicted octanol–water partition coefficient (Wildman–Crippen LogP) is 3.55. The van der Waals surface area contributed by atoms with E-state index >= 15 is 0 Å². The van der Waals surface area contributed by atoms with Crippen molar-refractivity contribution in [2.75, 3.05) is 26.4 Å². The standard InChI is InChI=1S/C27H32N2O6/c1-17(2)23(24(30)31)29-25(32)27(11-13-34-14-12-27)16-28-26(33)35-15-22-20-9-5-3-7-18(20)19-8-4-6-10-21(19)22/h3-10,17,22-23H,11-16H2,1-2H3,(H,28,33)(H,29,32)(H,30,31)/t23-/m1/s1. The molecule has 2 aliphatic rings. The number of carbonyl (C=O) groups is 3. The molecular formula is C27H32N2O6. The Hall–Kier alpha value is -3.39. The number of carboxylic acids is 1. The van der Waals surface area contributed by atoms with Crippen LogP contribution in [0.25, 0.3) is 11.1 Å². The number of fused-ring (bicyclic) bond motifs is 3. The van der Waals surface area contributed by atoms with E-state index in [9.17, 15) is 19.5 Å². The summed E-state index contributed by atoms with van der Waals surface area (Å²) >= 11 is 0. The third-order valence-corrected chi connectivity index (χ3v) is 7.07. The molecule has 1 aliphatic carbocycles. The first kappa shape index (κ1) is 24.7. The summed E-state index contributed by atoms with van der Waals surface area (Å²) in [5.41, 5.74) is 3.58. The van der Waals surface area contributed by atoms with Crippen molar-refractivity contribution in [1.29, 1.82) is 0 Å². The highest BCUT2D eigenvalue weighted by Gasteiger charge is 2.42. The van der Waals surface area contributed by atoms with Gasteiger partial charge in [-0.3, -0.25) is 4.79 Å². The van der Waals surface area contributed by atoms with E-state index in [2.05, 4.69) is 34.9 Å². The predicted molar refractivity (Wildman–Crippen MR) is 130 cm³/mol. The zero-order chi connectivity index (χ0) is 25.0. The summed E-state index contributed by atoms with van der Waals surface area (Å²) in [5, 5.41) is 14.9. The van der Waals surface area contributed by atoms with Crippen molar-refractivity contribution in [3.8, 4) is 11.1 Å². The zero-order valence-electron chi connectivity index (χ0n) is 20.1. The van der Waals surface area contributed by atoms with Crippen molar-refractivity contribution in [2.24, 2.45) is 11.3 Å². The molecule has 1 aliphatic heterocycles. The maximum absolute atomic E-state index is 13.2. The lowest BCUT2D eigenvalue weighted by atomic mass is 9.78. The minimum atomic E-state index is -1.08. The number of alkyl carbamates (subject to hydrolysis) is 1. The van der Waals surface area contributed by atoms with Gasteiger partial charge in [-0.25, -0.2) is 9.59 Å². The number of hydrogen-bond donors (Lipinski definition) is 3. The Balaban J connectivity index is 1.40. The number of rotatable bonds is 8. The van der Waals surface area contributed by atoms with Crippen molar-refractivity contribution in [3.63, 3.8) is 0 Å². The average Bonchev–Trinajstić information content (AvgIpc) is 3.18. The number of amides is 2. The van der Waals surface area contributed by atoms with Gasteiger partial charge in [-0.15, -0.1) is 0 Å². The molecule has 8 heteroatoms. The van der Waals surface area contributed by atoms with Gasteiger partial charge in [-0.2, -0.15) is 0 Å². The lowest BCUT2D eigenvalue weighted by Crippen LogP contribution is -2.56. The van der Waals surface area contributed by atoms with E-state index in [0.717, 1.165) is 22.3 Å². The summed E-state index contributed by atoms with van der Waals surface area (Å²) in [6.45, 7) is 4.42. The van der Waals surface area contributed by atoms with E-state index in [4.69, 9.17) is 9.47 Å². The molecule has 0 aromatic heterocycles. The van der Waals surface area contributed by atoms with Crippen molar-refractivity contribution in [2.45, 2.75) is 38.6 Å². The first-order valence-electron chi connectivity index (χ1n) is 12.0. The van der Waals surface area contributed by atoms with E-state index in [1.807, 2.05) is 24.3 Å². The van der Waals surface area contributed by atoms with Gasteiger partial charge in [0.1, 0.15) is 12.6 Å². The summed E-state index contributed by atoms with van der Waals surface area (Å²) in [5.74, 6) is -1.81. The van der Waals surface area contributed by atoms with Gasteiger partial charge in [0.2, 0.25) is 5.91 Å². The smallest absolute Gasteiger partial charge is 0.407 e. The van der Waals surface area contributed by atoms with Gasteiger partial charge in [0.05, 0.1) is 5.41 Å². The number of carboxylic acid groups (broad SMARTS) is 1. The Kier molecular flexibility index (Phi) is 7.40. The zero-order valence-corrected chi connectivity index (χ0v) is 20.1. The highest BCUT2D eigenvalue weighted by atomic mass is 16.5. The Morgan fingerprint density at radius 2 is 1.60 bits per heavy atom. The molecule has 0 radical (unpaired) electrons. The van der Waals surface area contributed by atoms with Gasteiger partial charge in [0, 0.05) is 25.7 Å². The van der Waals surface area contributed by atoms with Crippen LogP contribution < -0.4 is 10.6 Å². The van der Waals surface area contributed by atoms with Crippen LogP contribution >= 0.6 is 0 Å². The fourth-order valence-electron chi connectivity index (χ4n) is 4.94. The van der Waals surface area contributed by atoms with Gasteiger partial charge >= 0.3 is 12.1 Å². The molecule has 3 N–H and O–H groups in total. The summed E-state index contributed by atoms with van der Waals surface area (Å²) in [6, 6.07) is 15.2. The number of carbonyl (C=O) groups excluding carboxylic acids is 2. The summed E-state index contributed by atoms with van der Waals surface area (Å²) in [4.78, 5) is 37.4. The molecular weight excluding hydrogens is 448 g/mol. The molecule has 0 spiro atoms. The second kappa shape index (κ2) is 10.5. The van der Waals surface area contributed by atoms with Crippen molar-refractivity contribution in [3.05, 3.63) is 59.7 Å². The first-order valence-corrected chi connectivity index (χ1v) is 12.0. The molecule has 186 valence electrons. The Morgan fingerprint density at radius 3 is 2.14 bits per heavy atom. The van der Waals surface area contributed by atoms with E-state index < -0.39 is 23.5 Å². The van der Waals surface area contributed by atoms with Crippen LogP contribution in [0.5, 0.6) is 0 Å². The summed E-state index contributed by atoms with van der Waals surface area (Å²) in [7, 11) is 0. The lowest BCUT2D eigenvalue weighted by Gasteiger charge is -2.37. The van der Waals surface area contributed by atoms with Crippen LogP contribution in [-0.2, 0) is 19.1 Å². The molecule has 1 fully saturated rings. The molecule has 35 heavy (non-hydrogen) atoms. The number of nitrogens with one attached hydrogen (secondary N) is 2. The lowest BCUT2D eigenvalue weighted by molar-refractivity contribution is -0.147. The molecule has 2 aromatic carbocycles. The van der Waals surface area contributed by atoms with Crippen LogP contribution in [0.4, 0.5) is 4.79 Å². The van der Waals surface area contributed by atoms with E-state index in [-0.39, 0.29) is 30.9 Å². The summed E-state index contributed by atoms with van der Waals surface area (Å²) < 4.78 is 11.0. The fraction of sp³-hybridized carbons (Fsp3) is 0.444. The van der Waals surface area contributed by atoms with Crippen molar-refractivity contribution < 1.29 is 29.0 Å². The number of ether oxygens (including phenoxy) is 2. The monoisotopic (exact) mass is 480 g/mol. The van der Waals surface area contributed by atoms with Gasteiger partial charge < -0.3 is 25.2 Å². The molecule has 1 heterocycles. The maximum atomic E-state index is 13.2. The van der Waals surface area contributed by atoms with Crippen LogP contribution in [0.3, 0.4) is 0 Å². The summed E-state index contributed by atoms with van der Waals surface area (Å²) in [6.07, 6.45) is 0.156. The number of benzene rings is 2. The normalized spacial score (nSPS) is 17.2. The van der Waals surface area contributed by atoms with Crippen LogP contribution in [0, 0.1) is 11.3 Å². The molecule has 1 atom stereocenters. The second-order valence-corrected chi connectivity index (χ2v) is 9.61. The molecule has 0 unspecified atom stereocenters. The topological polar surface area (TPSA) is 114 Å². The molecule has 1 saturated heterocycles. The van der Waals surface area contributed by atoms with Crippen molar-refractivity contribution in [1.82, 2.24) is 10.6 Å². The largest absolute Gasteiger partial charge is 0.480 e. The highest BCUT2D eigenvalue weighted by molar-refractivity contribution is 5.88. The Labute approximate surface area is 205 Å². The molecule has 0 saturated carbocycles. The molecule has 2 aromatic rings. The van der Waals surface area contributed by atoms with Crippen LogP contribution in [0.1, 0.15) is 43.7 Å². The fourth-order valence-corrected chi connectivity index (χ4v) is 4.94. The third-order valence-electron chi connectivity index (χ3n) is 7.07. The van der Waals surface area contributed by atoms with Crippen LogP contribution in [0.2, 0.25) is 0 Å². The Bertz CT molecular complexity index is 1050. The van der Waals surface area contributed by atoms with Gasteiger partial charge in [-0.05, 0) is 41.0 Å². The SMILES string of the molecule is CC(C)[C@@H](NC(=O)C1(CNC(=O)OCC2c3ccccc3-c3ccccc32)CCOCC1)C(=O)O. The number of hydrogen-bond acceptors (Lipinski definition) is 5. The van der Waals surface area contributed by atoms with Crippen LogP contribution in [-0.4, -0.2) is 55.5 Å². The highest BCUT2D eigenvalue weighted by Crippen LogP contribution is 2.44. The quantitative estimate of drug-likeness (QED) is 0.533. The Morgan fingerprint density at radius 1 is 1.03 bits per heavy atom. The van der Waals surface area contributed by atoms with Crippen LogP contribution in [0.15, 0.2) is 48.5 Å². The molecule has 0 bridgehead atoms. The first-order chi connectivity index (χ1) is 16.8. The molecule has 4 rings (SSSR count). The number of aliphatic carboxylic acids is 1. The van der Waals surface area contributed by atoms with Crippen molar-refractivity contribution >= 4 is 18.0 Å². The van der Waals surface area contributed by atoms with E-state index in [0.29, 0.717) is 26.1 Å². The molecule has 2 amide bonds. The maximum Gasteiger partial charge on any atom is 0.407 e. The second-order valence-electron chi connectivity index (χ2n) is 9.61. The minimum absolute atomic E-state index is 0.0449. The molecule has 8 nitrogen and oxygen atoms in total. The van der Waals surface area contributed by atoms with Gasteiger partial charge in [0.15, 0.2) is 0 Å². The minimum Gasteiger partial charge on any atom is -0.480 e.